The predicted octanol–water partition coefficient (Wildman–Crippen LogP) is 3.68. The predicted molar refractivity (Wildman–Crippen MR) is 113 cm³/mol. The minimum absolute atomic E-state index is 0.0199. The monoisotopic (exact) mass is 484 g/mol. The van der Waals surface area contributed by atoms with Gasteiger partial charge in [-0.3, -0.25) is 9.59 Å². The SMILES string of the molecule is COCO[C@]1(C(=O)CF)CC[C@H]2[C@@H]3CCC4=CC(=O)C=C[C@]4(C)[C@@]3(Br)C(O)C[C@@]21C. The molecule has 0 aromatic heterocycles. The second-order valence-corrected chi connectivity index (χ2v) is 11.1. The fourth-order valence-corrected chi connectivity index (χ4v) is 8.34. The molecule has 0 amide bonds. The van der Waals surface area contributed by atoms with Crippen LogP contribution in [0, 0.1) is 22.7 Å². The first-order valence-corrected chi connectivity index (χ1v) is 11.4. The zero-order chi connectivity index (χ0) is 21.9. The quantitative estimate of drug-likeness (QED) is 0.475. The van der Waals surface area contributed by atoms with E-state index < -0.39 is 39.3 Å². The highest BCUT2D eigenvalue weighted by atomic mass is 79.9. The molecule has 0 aliphatic heterocycles. The lowest BCUT2D eigenvalue weighted by atomic mass is 9.46. The van der Waals surface area contributed by atoms with E-state index in [1.165, 1.54) is 7.11 Å². The summed E-state index contributed by atoms with van der Waals surface area (Å²) in [5.41, 5.74) is -1.48. The largest absolute Gasteiger partial charge is 0.392 e. The Morgan fingerprint density at radius 2 is 2.07 bits per heavy atom. The number of hydrogen-bond acceptors (Lipinski definition) is 5. The van der Waals surface area contributed by atoms with Crippen molar-refractivity contribution in [2.24, 2.45) is 22.7 Å². The number of hydrogen-bond donors (Lipinski definition) is 1. The molecule has 1 N–H and O–H groups in total. The number of Topliss-reactive ketones (excluding diaryl/α,β-unsaturated/α-hetero) is 1. The molecular formula is C23H30BrFO5. The van der Waals surface area contributed by atoms with Crippen LogP contribution >= 0.6 is 15.9 Å². The first-order valence-electron chi connectivity index (χ1n) is 10.6. The Kier molecular flexibility index (Phi) is 5.45. The molecule has 166 valence electrons. The van der Waals surface area contributed by atoms with Crippen LogP contribution in [0.4, 0.5) is 4.39 Å². The molecule has 4 aliphatic rings. The van der Waals surface area contributed by atoms with Crippen LogP contribution in [0.5, 0.6) is 0 Å². The Bertz CT molecular complexity index is 826. The molecule has 3 fully saturated rings. The van der Waals surface area contributed by atoms with Crippen molar-refractivity contribution < 1.29 is 28.6 Å². The van der Waals surface area contributed by atoms with Crippen LogP contribution in [-0.2, 0) is 19.1 Å². The van der Waals surface area contributed by atoms with Crippen molar-refractivity contribution in [3.63, 3.8) is 0 Å². The Balaban J connectivity index is 1.79. The number of alkyl halides is 2. The highest BCUT2D eigenvalue weighted by Crippen LogP contribution is 2.71. The minimum Gasteiger partial charge on any atom is -0.392 e. The molecule has 0 aromatic carbocycles. The van der Waals surface area contributed by atoms with E-state index in [0.29, 0.717) is 19.3 Å². The third-order valence-corrected chi connectivity index (χ3v) is 10.7. The van der Waals surface area contributed by atoms with Gasteiger partial charge in [-0.2, -0.15) is 0 Å². The van der Waals surface area contributed by atoms with Gasteiger partial charge in [0.2, 0.25) is 0 Å². The minimum atomic E-state index is -1.30. The summed E-state index contributed by atoms with van der Waals surface area (Å²) in [6.07, 6.45) is 7.39. The Hall–Kier alpha value is -0.890. The number of aliphatic hydroxyl groups is 1. The number of allylic oxidation sites excluding steroid dienone is 4. The summed E-state index contributed by atoms with van der Waals surface area (Å²) < 4.78 is 24.1. The Morgan fingerprint density at radius 3 is 2.73 bits per heavy atom. The second-order valence-electron chi connectivity index (χ2n) is 9.74. The molecule has 0 spiro atoms. The van der Waals surface area contributed by atoms with Crippen LogP contribution in [0.15, 0.2) is 23.8 Å². The van der Waals surface area contributed by atoms with Crippen molar-refractivity contribution in [1.82, 2.24) is 0 Å². The summed E-state index contributed by atoms with van der Waals surface area (Å²) in [6.45, 7) is 2.86. The van der Waals surface area contributed by atoms with Crippen molar-refractivity contribution in [1.29, 1.82) is 0 Å². The van der Waals surface area contributed by atoms with Crippen LogP contribution in [0.25, 0.3) is 0 Å². The van der Waals surface area contributed by atoms with Crippen molar-refractivity contribution in [3.05, 3.63) is 23.8 Å². The molecule has 4 rings (SSSR count). The molecule has 0 heterocycles. The molecule has 7 heteroatoms. The molecule has 4 aliphatic carbocycles. The van der Waals surface area contributed by atoms with E-state index in [1.807, 2.05) is 13.0 Å². The van der Waals surface area contributed by atoms with Crippen LogP contribution in [0.2, 0.25) is 0 Å². The van der Waals surface area contributed by atoms with Gasteiger partial charge in [-0.25, -0.2) is 4.39 Å². The lowest BCUT2D eigenvalue weighted by Gasteiger charge is -2.64. The van der Waals surface area contributed by atoms with E-state index in [9.17, 15) is 19.1 Å². The summed E-state index contributed by atoms with van der Waals surface area (Å²) in [7, 11) is 1.48. The fourth-order valence-electron chi connectivity index (χ4n) is 7.24. The normalized spacial score (nSPS) is 47.3. The molecule has 30 heavy (non-hydrogen) atoms. The highest BCUT2D eigenvalue weighted by Gasteiger charge is 2.73. The van der Waals surface area contributed by atoms with Gasteiger partial charge in [0.15, 0.2) is 18.2 Å². The third-order valence-electron chi connectivity index (χ3n) is 8.76. The van der Waals surface area contributed by atoms with Gasteiger partial charge in [-0.05, 0) is 56.1 Å². The molecular weight excluding hydrogens is 455 g/mol. The van der Waals surface area contributed by atoms with Crippen LogP contribution in [-0.4, -0.2) is 53.3 Å². The highest BCUT2D eigenvalue weighted by molar-refractivity contribution is 9.10. The number of ketones is 2. The van der Waals surface area contributed by atoms with Crippen molar-refractivity contribution in [2.75, 3.05) is 20.6 Å². The standard InChI is InChI=1S/C23H30BrFO5/c1-20-8-6-15(26)10-14(20)4-5-17-16-7-9-22(19(28)12-25,30-13-29-3)21(16,2)11-18(27)23(17,20)24/h6,8,10,16-18,27H,4-5,7,9,11-13H2,1-3H3/t16-,17-,18?,20-,21-,22-,23-/m0/s1. The van der Waals surface area contributed by atoms with E-state index in [4.69, 9.17) is 9.47 Å². The second kappa shape index (κ2) is 7.32. The topological polar surface area (TPSA) is 72.8 Å². The number of ether oxygens (including phenoxy) is 2. The molecule has 5 nitrogen and oxygen atoms in total. The smallest absolute Gasteiger partial charge is 0.196 e. The molecule has 0 radical (unpaired) electrons. The van der Waals surface area contributed by atoms with Gasteiger partial charge in [-0.15, -0.1) is 0 Å². The summed E-state index contributed by atoms with van der Waals surface area (Å²) in [5, 5.41) is 11.6. The van der Waals surface area contributed by atoms with Crippen LogP contribution in [0.3, 0.4) is 0 Å². The molecule has 1 unspecified atom stereocenters. The Morgan fingerprint density at radius 1 is 1.33 bits per heavy atom. The number of aliphatic hydroxyl groups excluding tert-OH is 1. The van der Waals surface area contributed by atoms with E-state index in [2.05, 4.69) is 22.9 Å². The van der Waals surface area contributed by atoms with Crippen molar-refractivity contribution in [2.45, 2.75) is 62.0 Å². The lowest BCUT2D eigenvalue weighted by Crippen LogP contribution is -2.68. The first-order chi connectivity index (χ1) is 14.1. The number of carbonyl (C=O) groups excluding carboxylic acids is 2. The van der Waals surface area contributed by atoms with Gasteiger partial charge in [0.1, 0.15) is 12.4 Å². The van der Waals surface area contributed by atoms with Crippen LogP contribution in [0.1, 0.15) is 46.0 Å². The number of fused-ring (bicyclic) bond motifs is 5. The average Bonchev–Trinajstić information content (AvgIpc) is 3.00. The number of carbonyl (C=O) groups is 2. The van der Waals surface area contributed by atoms with Gasteiger partial charge < -0.3 is 14.6 Å². The van der Waals surface area contributed by atoms with Gasteiger partial charge >= 0.3 is 0 Å². The van der Waals surface area contributed by atoms with E-state index in [1.54, 1.807) is 12.2 Å². The first kappa shape index (κ1) is 22.3. The molecule has 0 aromatic rings. The van der Waals surface area contributed by atoms with Gasteiger partial charge in [0.25, 0.3) is 0 Å². The third kappa shape index (κ3) is 2.61. The van der Waals surface area contributed by atoms with Gasteiger partial charge in [-0.1, -0.05) is 41.4 Å². The van der Waals surface area contributed by atoms with Crippen LogP contribution < -0.4 is 0 Å². The zero-order valence-electron chi connectivity index (χ0n) is 17.7. The molecule has 0 bridgehead atoms. The molecule has 0 saturated heterocycles. The summed E-state index contributed by atoms with van der Waals surface area (Å²) in [5.74, 6) is -0.471. The lowest BCUT2D eigenvalue weighted by molar-refractivity contribution is -0.209. The maximum absolute atomic E-state index is 13.7. The fraction of sp³-hybridized carbons (Fsp3) is 0.739. The molecule has 7 atom stereocenters. The number of methoxy groups -OCH3 is 1. The van der Waals surface area contributed by atoms with E-state index >= 15 is 0 Å². The van der Waals surface area contributed by atoms with Crippen molar-refractivity contribution >= 4 is 27.5 Å². The number of rotatable bonds is 5. The van der Waals surface area contributed by atoms with Gasteiger partial charge in [0, 0.05) is 17.9 Å². The summed E-state index contributed by atoms with van der Waals surface area (Å²) >= 11 is 3.98. The van der Waals surface area contributed by atoms with E-state index in [-0.39, 0.29) is 24.4 Å². The zero-order valence-corrected chi connectivity index (χ0v) is 19.3. The van der Waals surface area contributed by atoms with E-state index in [0.717, 1.165) is 18.4 Å². The van der Waals surface area contributed by atoms with Crippen molar-refractivity contribution in [3.8, 4) is 0 Å². The van der Waals surface area contributed by atoms with Gasteiger partial charge in [0.05, 0.1) is 10.4 Å². The summed E-state index contributed by atoms with van der Waals surface area (Å²) in [6, 6.07) is 0. The number of halogens is 2. The average molecular weight is 485 g/mol. The maximum Gasteiger partial charge on any atom is 0.196 e. The maximum atomic E-state index is 13.7. The summed E-state index contributed by atoms with van der Waals surface area (Å²) in [4.78, 5) is 24.9. The Labute approximate surface area is 185 Å². The molecule has 3 saturated carbocycles.